The number of fused-ring (bicyclic) bond motifs is 1. The summed E-state index contributed by atoms with van der Waals surface area (Å²) in [5, 5.41) is 1.99. The molecule has 0 aliphatic rings. The maximum absolute atomic E-state index is 12.4. The first-order valence-corrected chi connectivity index (χ1v) is 7.95. The second-order valence-electron chi connectivity index (χ2n) is 5.07. The van der Waals surface area contributed by atoms with Crippen LogP contribution in [0, 0.1) is 0 Å². The zero-order valence-corrected chi connectivity index (χ0v) is 14.2. The quantitative estimate of drug-likeness (QED) is 0.608. The molecule has 0 spiro atoms. The standard InChI is InChI=1S/C19H15BrO3/c1-22-18-11-14-7-3-2-6-13(14)10-16(18)19(21)23-12-15-8-4-5-9-17(15)20/h2-11H,12H2,1H3. The molecule has 0 aliphatic heterocycles. The normalized spacial score (nSPS) is 10.5. The van der Waals surface area contributed by atoms with Gasteiger partial charge in [0.05, 0.1) is 7.11 Å². The fourth-order valence-corrected chi connectivity index (χ4v) is 2.78. The number of esters is 1. The molecular formula is C19H15BrO3. The molecule has 0 aliphatic carbocycles. The summed E-state index contributed by atoms with van der Waals surface area (Å²) >= 11 is 3.45. The maximum Gasteiger partial charge on any atom is 0.342 e. The lowest BCUT2D eigenvalue weighted by Crippen LogP contribution is -2.07. The van der Waals surface area contributed by atoms with Gasteiger partial charge in [-0.05, 0) is 29.0 Å². The molecule has 3 nitrogen and oxygen atoms in total. The van der Waals surface area contributed by atoms with Crippen LogP contribution in [-0.2, 0) is 11.3 Å². The molecule has 23 heavy (non-hydrogen) atoms. The zero-order chi connectivity index (χ0) is 16.2. The van der Waals surface area contributed by atoms with Crippen molar-refractivity contribution in [1.82, 2.24) is 0 Å². The number of rotatable bonds is 4. The first kappa shape index (κ1) is 15.6. The third kappa shape index (κ3) is 3.37. The molecule has 0 fully saturated rings. The number of ether oxygens (including phenoxy) is 2. The Kier molecular flexibility index (Phi) is 4.63. The van der Waals surface area contributed by atoms with Crippen LogP contribution in [0.2, 0.25) is 0 Å². The number of carbonyl (C=O) groups excluding carboxylic acids is 1. The molecule has 0 saturated carbocycles. The van der Waals surface area contributed by atoms with E-state index < -0.39 is 5.97 Å². The van der Waals surface area contributed by atoms with Crippen LogP contribution in [0.3, 0.4) is 0 Å². The Morgan fingerprint density at radius 1 is 1.00 bits per heavy atom. The largest absolute Gasteiger partial charge is 0.496 e. The van der Waals surface area contributed by atoms with Gasteiger partial charge in [0.2, 0.25) is 0 Å². The highest BCUT2D eigenvalue weighted by Crippen LogP contribution is 2.27. The average molecular weight is 371 g/mol. The van der Waals surface area contributed by atoms with Crippen molar-refractivity contribution < 1.29 is 14.3 Å². The summed E-state index contributed by atoms with van der Waals surface area (Å²) < 4.78 is 11.7. The molecule has 0 N–H and O–H groups in total. The Morgan fingerprint density at radius 3 is 2.35 bits per heavy atom. The van der Waals surface area contributed by atoms with Gasteiger partial charge in [-0.15, -0.1) is 0 Å². The number of methoxy groups -OCH3 is 1. The Labute approximate surface area is 143 Å². The van der Waals surface area contributed by atoms with Crippen LogP contribution in [0.4, 0.5) is 0 Å². The van der Waals surface area contributed by atoms with E-state index >= 15 is 0 Å². The summed E-state index contributed by atoms with van der Waals surface area (Å²) in [6.07, 6.45) is 0. The first-order chi connectivity index (χ1) is 11.2. The van der Waals surface area contributed by atoms with Crippen LogP contribution in [0.5, 0.6) is 5.75 Å². The van der Waals surface area contributed by atoms with Crippen molar-refractivity contribution in [2.45, 2.75) is 6.61 Å². The van der Waals surface area contributed by atoms with Gasteiger partial charge >= 0.3 is 5.97 Å². The molecule has 0 heterocycles. The molecule has 3 aromatic carbocycles. The molecule has 0 atom stereocenters. The number of halogens is 1. The fraction of sp³-hybridized carbons (Fsp3) is 0.105. The maximum atomic E-state index is 12.4. The first-order valence-electron chi connectivity index (χ1n) is 7.16. The minimum Gasteiger partial charge on any atom is -0.496 e. The van der Waals surface area contributed by atoms with Crippen LogP contribution >= 0.6 is 15.9 Å². The van der Waals surface area contributed by atoms with Crippen molar-refractivity contribution in [3.63, 3.8) is 0 Å². The van der Waals surface area contributed by atoms with E-state index in [2.05, 4.69) is 15.9 Å². The molecule has 0 aromatic heterocycles. The molecule has 0 amide bonds. The monoisotopic (exact) mass is 370 g/mol. The van der Waals surface area contributed by atoms with Crippen LogP contribution in [-0.4, -0.2) is 13.1 Å². The van der Waals surface area contributed by atoms with Crippen LogP contribution < -0.4 is 4.74 Å². The van der Waals surface area contributed by atoms with Gasteiger partial charge in [-0.1, -0.05) is 58.4 Å². The lowest BCUT2D eigenvalue weighted by molar-refractivity contribution is 0.0468. The minimum absolute atomic E-state index is 0.205. The highest BCUT2D eigenvalue weighted by molar-refractivity contribution is 9.10. The molecule has 4 heteroatoms. The predicted octanol–water partition coefficient (Wildman–Crippen LogP) is 4.97. The zero-order valence-electron chi connectivity index (χ0n) is 12.6. The van der Waals surface area contributed by atoms with Crippen molar-refractivity contribution in [2.24, 2.45) is 0 Å². The van der Waals surface area contributed by atoms with Crippen molar-refractivity contribution in [3.05, 3.63) is 76.3 Å². The molecule has 3 rings (SSSR count). The van der Waals surface area contributed by atoms with Gasteiger partial charge in [-0.25, -0.2) is 4.79 Å². The van der Waals surface area contributed by atoms with E-state index in [4.69, 9.17) is 9.47 Å². The van der Waals surface area contributed by atoms with Gasteiger partial charge in [0.15, 0.2) is 0 Å². The lowest BCUT2D eigenvalue weighted by Gasteiger charge is -2.11. The van der Waals surface area contributed by atoms with E-state index in [9.17, 15) is 4.79 Å². The van der Waals surface area contributed by atoms with E-state index in [0.717, 1.165) is 20.8 Å². The molecule has 0 radical (unpaired) electrons. The Bertz CT molecular complexity index is 858. The molecule has 0 unspecified atom stereocenters. The SMILES string of the molecule is COc1cc2ccccc2cc1C(=O)OCc1ccccc1Br. The fourth-order valence-electron chi connectivity index (χ4n) is 2.38. The summed E-state index contributed by atoms with van der Waals surface area (Å²) in [7, 11) is 1.55. The van der Waals surface area contributed by atoms with E-state index in [0.29, 0.717) is 11.3 Å². The summed E-state index contributed by atoms with van der Waals surface area (Å²) in [6, 6.07) is 19.1. The van der Waals surface area contributed by atoms with Crippen molar-refractivity contribution >= 4 is 32.7 Å². The van der Waals surface area contributed by atoms with E-state index in [1.807, 2.05) is 54.6 Å². The third-order valence-electron chi connectivity index (χ3n) is 3.60. The molecule has 3 aromatic rings. The number of carbonyl (C=O) groups is 1. The Balaban J connectivity index is 1.86. The molecular weight excluding hydrogens is 356 g/mol. The number of hydrogen-bond acceptors (Lipinski definition) is 3. The highest BCUT2D eigenvalue weighted by atomic mass is 79.9. The smallest absolute Gasteiger partial charge is 0.342 e. The van der Waals surface area contributed by atoms with Gasteiger partial charge in [-0.3, -0.25) is 0 Å². The van der Waals surface area contributed by atoms with Crippen LogP contribution in [0.25, 0.3) is 10.8 Å². The minimum atomic E-state index is -0.400. The van der Waals surface area contributed by atoms with E-state index in [-0.39, 0.29) is 6.61 Å². The van der Waals surface area contributed by atoms with Crippen molar-refractivity contribution in [2.75, 3.05) is 7.11 Å². The lowest BCUT2D eigenvalue weighted by atomic mass is 10.1. The second kappa shape index (κ2) is 6.84. The van der Waals surface area contributed by atoms with Crippen molar-refractivity contribution in [1.29, 1.82) is 0 Å². The Hall–Kier alpha value is -2.33. The summed E-state index contributed by atoms with van der Waals surface area (Å²) in [4.78, 5) is 12.4. The number of hydrogen-bond donors (Lipinski definition) is 0. The predicted molar refractivity (Wildman–Crippen MR) is 93.8 cm³/mol. The van der Waals surface area contributed by atoms with Crippen molar-refractivity contribution in [3.8, 4) is 5.75 Å². The van der Waals surface area contributed by atoms with Gasteiger partial charge in [0, 0.05) is 10.0 Å². The molecule has 116 valence electrons. The second-order valence-corrected chi connectivity index (χ2v) is 5.92. The average Bonchev–Trinajstić information content (AvgIpc) is 2.59. The number of benzene rings is 3. The summed E-state index contributed by atoms with van der Waals surface area (Å²) in [5.41, 5.74) is 1.35. The third-order valence-corrected chi connectivity index (χ3v) is 4.38. The molecule has 0 bridgehead atoms. The van der Waals surface area contributed by atoms with E-state index in [1.165, 1.54) is 0 Å². The van der Waals surface area contributed by atoms with Gasteiger partial charge in [0.25, 0.3) is 0 Å². The van der Waals surface area contributed by atoms with Crippen LogP contribution in [0.1, 0.15) is 15.9 Å². The topological polar surface area (TPSA) is 35.5 Å². The van der Waals surface area contributed by atoms with Gasteiger partial charge in [0.1, 0.15) is 17.9 Å². The van der Waals surface area contributed by atoms with Gasteiger partial charge in [-0.2, -0.15) is 0 Å². The molecule has 0 saturated heterocycles. The van der Waals surface area contributed by atoms with Gasteiger partial charge < -0.3 is 9.47 Å². The van der Waals surface area contributed by atoms with Crippen LogP contribution in [0.15, 0.2) is 65.1 Å². The highest BCUT2D eigenvalue weighted by Gasteiger charge is 2.15. The summed E-state index contributed by atoms with van der Waals surface area (Å²) in [5.74, 6) is 0.115. The summed E-state index contributed by atoms with van der Waals surface area (Å²) in [6.45, 7) is 0.205. The Morgan fingerprint density at radius 2 is 1.65 bits per heavy atom. The van der Waals surface area contributed by atoms with E-state index in [1.54, 1.807) is 13.2 Å².